The van der Waals surface area contributed by atoms with Gasteiger partial charge in [-0.1, -0.05) is 42.5 Å². The highest BCUT2D eigenvalue weighted by molar-refractivity contribution is 5.92. The van der Waals surface area contributed by atoms with Crippen LogP contribution in [0.2, 0.25) is 0 Å². The minimum Gasteiger partial charge on any atom is -0.352 e. The van der Waals surface area contributed by atoms with Crippen molar-refractivity contribution in [2.45, 2.75) is 19.4 Å². The van der Waals surface area contributed by atoms with Gasteiger partial charge in [-0.15, -0.1) is 0 Å². The predicted molar refractivity (Wildman–Crippen MR) is 103 cm³/mol. The first kappa shape index (κ1) is 18.8. The molecule has 0 unspecified atom stereocenters. The first-order valence-electron chi connectivity index (χ1n) is 9.16. The predicted octanol–water partition coefficient (Wildman–Crippen LogP) is 3.39. The average molecular weight is 366 g/mol. The molecule has 0 aromatic heterocycles. The van der Waals surface area contributed by atoms with E-state index in [4.69, 9.17) is 0 Å². The number of likely N-dealkylation sites (tertiary alicyclic amines) is 1. The van der Waals surface area contributed by atoms with Crippen LogP contribution in [0.4, 0.5) is 4.39 Å². The molecule has 27 heavy (non-hydrogen) atoms. The van der Waals surface area contributed by atoms with E-state index in [1.54, 1.807) is 29.2 Å². The molecule has 0 saturated carbocycles. The number of carbonyl (C=O) groups excluding carboxylic acids is 2. The highest BCUT2D eigenvalue weighted by Crippen LogP contribution is 2.18. The molecule has 1 aliphatic rings. The number of benzene rings is 2. The van der Waals surface area contributed by atoms with E-state index in [0.29, 0.717) is 32.5 Å². The van der Waals surface area contributed by atoms with Crippen molar-refractivity contribution in [1.29, 1.82) is 0 Å². The molecule has 0 aliphatic carbocycles. The molecule has 2 aromatic rings. The number of halogens is 1. The summed E-state index contributed by atoms with van der Waals surface area (Å²) in [7, 11) is 0. The van der Waals surface area contributed by atoms with Crippen molar-refractivity contribution in [3.05, 3.63) is 77.6 Å². The third-order valence-corrected chi connectivity index (χ3v) is 4.75. The van der Waals surface area contributed by atoms with Crippen LogP contribution in [0.15, 0.2) is 60.7 Å². The number of hydrogen-bond donors (Lipinski definition) is 1. The maximum Gasteiger partial charge on any atom is 0.246 e. The molecule has 1 heterocycles. The standard InChI is InChI=1S/C22H23FN2O2/c23-20-8-4-7-18(15-20)16-24-22(27)19-11-13-25(14-12-19)21(26)10-9-17-5-2-1-3-6-17/h1-10,15,19H,11-14,16H2,(H,24,27)/b10-9+. The Morgan fingerprint density at radius 1 is 1.07 bits per heavy atom. The maximum atomic E-state index is 13.2. The molecule has 1 saturated heterocycles. The number of hydrogen-bond acceptors (Lipinski definition) is 2. The fraction of sp³-hybridized carbons (Fsp3) is 0.273. The van der Waals surface area contributed by atoms with E-state index >= 15 is 0 Å². The van der Waals surface area contributed by atoms with Gasteiger partial charge in [-0.2, -0.15) is 0 Å². The molecule has 140 valence electrons. The number of carbonyl (C=O) groups is 2. The molecule has 0 bridgehead atoms. The number of nitrogens with one attached hydrogen (secondary N) is 1. The van der Waals surface area contributed by atoms with Crippen molar-refractivity contribution in [3.8, 4) is 0 Å². The Morgan fingerprint density at radius 3 is 2.52 bits per heavy atom. The number of piperidine rings is 1. The van der Waals surface area contributed by atoms with E-state index in [2.05, 4.69) is 5.32 Å². The van der Waals surface area contributed by atoms with E-state index in [-0.39, 0.29) is 23.5 Å². The summed E-state index contributed by atoms with van der Waals surface area (Å²) in [5.41, 5.74) is 1.72. The van der Waals surface area contributed by atoms with Crippen LogP contribution < -0.4 is 5.32 Å². The fourth-order valence-electron chi connectivity index (χ4n) is 3.18. The highest BCUT2D eigenvalue weighted by Gasteiger charge is 2.26. The lowest BCUT2D eigenvalue weighted by Gasteiger charge is -2.30. The van der Waals surface area contributed by atoms with Gasteiger partial charge in [0.2, 0.25) is 11.8 Å². The van der Waals surface area contributed by atoms with Gasteiger partial charge in [0, 0.05) is 31.6 Å². The molecule has 0 atom stereocenters. The van der Waals surface area contributed by atoms with Crippen molar-refractivity contribution in [2.24, 2.45) is 5.92 Å². The number of rotatable bonds is 5. The third kappa shape index (κ3) is 5.51. The van der Waals surface area contributed by atoms with Crippen LogP contribution in [0.1, 0.15) is 24.0 Å². The highest BCUT2D eigenvalue weighted by atomic mass is 19.1. The Kier molecular flexibility index (Phi) is 6.36. The summed E-state index contributed by atoms with van der Waals surface area (Å²) in [5.74, 6) is -0.485. The van der Waals surface area contributed by atoms with Crippen LogP contribution in [-0.4, -0.2) is 29.8 Å². The summed E-state index contributed by atoms with van der Waals surface area (Å²) < 4.78 is 13.2. The van der Waals surface area contributed by atoms with Crippen molar-refractivity contribution in [1.82, 2.24) is 10.2 Å². The van der Waals surface area contributed by atoms with E-state index in [9.17, 15) is 14.0 Å². The zero-order chi connectivity index (χ0) is 19.1. The Balaban J connectivity index is 1.44. The van der Waals surface area contributed by atoms with Crippen molar-refractivity contribution in [2.75, 3.05) is 13.1 Å². The van der Waals surface area contributed by atoms with E-state index in [1.165, 1.54) is 12.1 Å². The lowest BCUT2D eigenvalue weighted by Crippen LogP contribution is -2.42. The van der Waals surface area contributed by atoms with Gasteiger partial charge in [0.15, 0.2) is 0 Å². The van der Waals surface area contributed by atoms with Crippen molar-refractivity contribution >= 4 is 17.9 Å². The molecular weight excluding hydrogens is 343 g/mol. The van der Waals surface area contributed by atoms with Gasteiger partial charge in [0.05, 0.1) is 0 Å². The first-order valence-corrected chi connectivity index (χ1v) is 9.16. The molecule has 1 aliphatic heterocycles. The minimum absolute atomic E-state index is 0.0301. The summed E-state index contributed by atoms with van der Waals surface area (Å²) in [5, 5.41) is 2.86. The van der Waals surface area contributed by atoms with Crippen LogP contribution in [0, 0.1) is 11.7 Å². The second kappa shape index (κ2) is 9.12. The van der Waals surface area contributed by atoms with Crippen LogP contribution in [0.5, 0.6) is 0 Å². The fourth-order valence-corrected chi connectivity index (χ4v) is 3.18. The van der Waals surface area contributed by atoms with E-state index in [0.717, 1.165) is 11.1 Å². The van der Waals surface area contributed by atoms with Crippen molar-refractivity contribution in [3.63, 3.8) is 0 Å². The largest absolute Gasteiger partial charge is 0.352 e. The average Bonchev–Trinajstić information content (AvgIpc) is 2.71. The molecule has 3 rings (SSSR count). The smallest absolute Gasteiger partial charge is 0.246 e. The normalized spacial score (nSPS) is 15.1. The second-order valence-electron chi connectivity index (χ2n) is 6.69. The van der Waals surface area contributed by atoms with Crippen LogP contribution in [0.25, 0.3) is 6.08 Å². The summed E-state index contributed by atoms with van der Waals surface area (Å²) in [6.45, 7) is 1.45. The Morgan fingerprint density at radius 2 is 1.81 bits per heavy atom. The van der Waals surface area contributed by atoms with Crippen LogP contribution in [-0.2, 0) is 16.1 Å². The van der Waals surface area contributed by atoms with Crippen molar-refractivity contribution < 1.29 is 14.0 Å². The van der Waals surface area contributed by atoms with Gasteiger partial charge in [0.25, 0.3) is 0 Å². The van der Waals surface area contributed by atoms with E-state index in [1.807, 2.05) is 30.3 Å². The quantitative estimate of drug-likeness (QED) is 0.825. The second-order valence-corrected chi connectivity index (χ2v) is 6.69. The van der Waals surface area contributed by atoms with Gasteiger partial charge in [-0.3, -0.25) is 9.59 Å². The third-order valence-electron chi connectivity index (χ3n) is 4.75. The zero-order valence-electron chi connectivity index (χ0n) is 15.1. The van der Waals surface area contributed by atoms with Gasteiger partial charge in [-0.05, 0) is 42.2 Å². The zero-order valence-corrected chi connectivity index (χ0v) is 15.1. The molecule has 2 amide bonds. The molecule has 4 nitrogen and oxygen atoms in total. The molecular formula is C22H23FN2O2. The summed E-state index contributed by atoms with van der Waals surface area (Å²) in [6, 6.07) is 15.9. The Bertz CT molecular complexity index is 812. The summed E-state index contributed by atoms with van der Waals surface area (Å²) >= 11 is 0. The molecule has 1 fully saturated rings. The van der Waals surface area contributed by atoms with E-state index < -0.39 is 0 Å². The SMILES string of the molecule is O=C(NCc1cccc(F)c1)C1CCN(C(=O)/C=C/c2ccccc2)CC1. The molecule has 1 N–H and O–H groups in total. The summed E-state index contributed by atoms with van der Waals surface area (Å²) in [6.07, 6.45) is 4.67. The first-order chi connectivity index (χ1) is 13.1. The van der Waals surface area contributed by atoms with Gasteiger partial charge in [-0.25, -0.2) is 4.39 Å². The number of amides is 2. The van der Waals surface area contributed by atoms with Gasteiger partial charge < -0.3 is 10.2 Å². The molecule has 5 heteroatoms. The Hall–Kier alpha value is -2.95. The molecule has 0 radical (unpaired) electrons. The topological polar surface area (TPSA) is 49.4 Å². The van der Waals surface area contributed by atoms with Gasteiger partial charge >= 0.3 is 0 Å². The monoisotopic (exact) mass is 366 g/mol. The lowest BCUT2D eigenvalue weighted by atomic mass is 9.95. The summed E-state index contributed by atoms with van der Waals surface area (Å²) in [4.78, 5) is 26.4. The van der Waals surface area contributed by atoms with Crippen LogP contribution in [0.3, 0.4) is 0 Å². The Labute approximate surface area is 158 Å². The van der Waals surface area contributed by atoms with Gasteiger partial charge in [0.1, 0.15) is 5.82 Å². The molecule has 0 spiro atoms. The lowest BCUT2D eigenvalue weighted by molar-refractivity contribution is -0.132. The maximum absolute atomic E-state index is 13.2. The molecule has 2 aromatic carbocycles. The number of nitrogens with zero attached hydrogens (tertiary/aromatic N) is 1. The van der Waals surface area contributed by atoms with Crippen LogP contribution >= 0.6 is 0 Å². The minimum atomic E-state index is -0.308.